The molecule has 0 bridgehead atoms. The smallest absolute Gasteiger partial charge is 0.277 e. The highest BCUT2D eigenvalue weighted by Crippen LogP contribution is 2.24. The molecule has 0 unspecified atom stereocenters. The zero-order valence-corrected chi connectivity index (χ0v) is 15.7. The van der Waals surface area contributed by atoms with Crippen LogP contribution < -0.4 is 10.2 Å². The Morgan fingerprint density at radius 3 is 2.52 bits per heavy atom. The van der Waals surface area contributed by atoms with Crippen molar-refractivity contribution in [3.63, 3.8) is 0 Å². The molecule has 0 atom stereocenters. The summed E-state index contributed by atoms with van der Waals surface area (Å²) in [4.78, 5) is 12.6. The van der Waals surface area contributed by atoms with Gasteiger partial charge in [-0.2, -0.15) is 5.10 Å². The average Bonchev–Trinajstić information content (AvgIpc) is 2.90. The number of rotatable bonds is 5. The minimum atomic E-state index is -0.295. The third-order valence-electron chi connectivity index (χ3n) is 3.07. The van der Waals surface area contributed by atoms with Crippen LogP contribution in [0, 0.1) is 0 Å². The molecule has 2 rings (SSSR count). The molecule has 0 aliphatic rings. The molecule has 1 heterocycles. The van der Waals surface area contributed by atoms with Gasteiger partial charge in [-0.15, -0.1) is 11.3 Å². The lowest BCUT2D eigenvalue weighted by molar-refractivity contribution is -0.123. The van der Waals surface area contributed by atoms with E-state index < -0.39 is 0 Å². The standard InChI is InChI=1S/C17H19BrN2O2S/c1-17(2,3)12-4-6-13(7-5-12)22-11-16(21)20-19-10-14-8-9-15(18)23-14/h4-10H,11H2,1-3H3,(H,20,21)/b19-10+. The van der Waals surface area contributed by atoms with Crippen molar-refractivity contribution < 1.29 is 9.53 Å². The molecule has 0 spiro atoms. The van der Waals surface area contributed by atoms with Gasteiger partial charge in [-0.05, 0) is 51.2 Å². The Bertz CT molecular complexity index is 687. The number of ether oxygens (including phenoxy) is 1. The minimum Gasteiger partial charge on any atom is -0.484 e. The topological polar surface area (TPSA) is 50.7 Å². The molecule has 2 aromatic rings. The van der Waals surface area contributed by atoms with Crippen molar-refractivity contribution in [2.24, 2.45) is 5.10 Å². The lowest BCUT2D eigenvalue weighted by Gasteiger charge is -2.19. The van der Waals surface area contributed by atoms with Crippen LogP contribution in [-0.4, -0.2) is 18.7 Å². The van der Waals surface area contributed by atoms with E-state index in [2.05, 4.69) is 47.2 Å². The van der Waals surface area contributed by atoms with E-state index in [-0.39, 0.29) is 17.9 Å². The quantitative estimate of drug-likeness (QED) is 0.605. The number of carbonyl (C=O) groups excluding carboxylic acids is 1. The summed E-state index contributed by atoms with van der Waals surface area (Å²) in [6.45, 7) is 6.39. The molecule has 122 valence electrons. The lowest BCUT2D eigenvalue weighted by atomic mass is 9.87. The average molecular weight is 395 g/mol. The second-order valence-electron chi connectivity index (χ2n) is 6.00. The first kappa shape index (κ1) is 17.7. The summed E-state index contributed by atoms with van der Waals surface area (Å²) in [5.74, 6) is 0.371. The van der Waals surface area contributed by atoms with E-state index >= 15 is 0 Å². The van der Waals surface area contributed by atoms with Crippen molar-refractivity contribution in [1.29, 1.82) is 0 Å². The lowest BCUT2D eigenvalue weighted by Crippen LogP contribution is -2.24. The summed E-state index contributed by atoms with van der Waals surface area (Å²) >= 11 is 4.91. The number of hydrogen-bond acceptors (Lipinski definition) is 4. The van der Waals surface area contributed by atoms with E-state index in [9.17, 15) is 4.79 Å². The molecule has 0 aliphatic carbocycles. The van der Waals surface area contributed by atoms with Crippen LogP contribution in [-0.2, 0) is 10.2 Å². The van der Waals surface area contributed by atoms with Crippen molar-refractivity contribution >= 4 is 39.4 Å². The second kappa shape index (κ2) is 7.75. The normalized spacial score (nSPS) is 11.7. The van der Waals surface area contributed by atoms with Crippen LogP contribution >= 0.6 is 27.3 Å². The molecule has 4 nitrogen and oxygen atoms in total. The molecule has 0 saturated carbocycles. The van der Waals surface area contributed by atoms with Gasteiger partial charge in [-0.1, -0.05) is 32.9 Å². The Labute approximate surface area is 148 Å². The number of carbonyl (C=O) groups is 1. The molecule has 0 aliphatic heterocycles. The predicted molar refractivity (Wildman–Crippen MR) is 98.4 cm³/mol. The van der Waals surface area contributed by atoms with Gasteiger partial charge in [0, 0.05) is 4.88 Å². The van der Waals surface area contributed by atoms with Crippen molar-refractivity contribution in [3.05, 3.63) is 50.6 Å². The number of hydrogen-bond donors (Lipinski definition) is 1. The first-order chi connectivity index (χ1) is 10.8. The third-order valence-corrected chi connectivity index (χ3v) is 4.62. The van der Waals surface area contributed by atoms with Gasteiger partial charge < -0.3 is 4.74 Å². The van der Waals surface area contributed by atoms with E-state index in [1.807, 2.05) is 36.4 Å². The number of hydrazone groups is 1. The van der Waals surface area contributed by atoms with Gasteiger partial charge in [-0.25, -0.2) is 5.43 Å². The van der Waals surface area contributed by atoms with Crippen LogP contribution in [0.25, 0.3) is 0 Å². The molecule has 0 fully saturated rings. The second-order valence-corrected chi connectivity index (χ2v) is 8.49. The maximum absolute atomic E-state index is 11.7. The molecule has 1 aromatic carbocycles. The highest BCUT2D eigenvalue weighted by molar-refractivity contribution is 9.11. The van der Waals surface area contributed by atoms with Gasteiger partial charge in [-0.3, -0.25) is 4.79 Å². The van der Waals surface area contributed by atoms with Gasteiger partial charge in [0.2, 0.25) is 0 Å². The number of nitrogens with zero attached hydrogens (tertiary/aromatic N) is 1. The third kappa shape index (κ3) is 5.80. The van der Waals surface area contributed by atoms with E-state index in [0.29, 0.717) is 5.75 Å². The summed E-state index contributed by atoms with van der Waals surface area (Å²) in [6, 6.07) is 11.6. The first-order valence-corrected chi connectivity index (χ1v) is 8.76. The number of thiophene rings is 1. The molecule has 23 heavy (non-hydrogen) atoms. The molecule has 6 heteroatoms. The Morgan fingerprint density at radius 2 is 1.96 bits per heavy atom. The van der Waals surface area contributed by atoms with E-state index in [1.54, 1.807) is 6.21 Å². The Balaban J connectivity index is 1.79. The Hall–Kier alpha value is -1.66. The fourth-order valence-electron chi connectivity index (χ4n) is 1.80. The SMILES string of the molecule is CC(C)(C)c1ccc(OCC(=O)N/N=C/c2ccc(Br)s2)cc1. The van der Waals surface area contributed by atoms with Crippen LogP contribution in [0.5, 0.6) is 5.75 Å². The van der Waals surface area contributed by atoms with Crippen LogP contribution in [0.2, 0.25) is 0 Å². The van der Waals surface area contributed by atoms with Crippen LogP contribution in [0.4, 0.5) is 0 Å². The summed E-state index contributed by atoms with van der Waals surface area (Å²) < 4.78 is 6.47. The predicted octanol–water partition coefficient (Wildman–Crippen LogP) is 4.34. The van der Waals surface area contributed by atoms with E-state index in [1.165, 1.54) is 16.9 Å². The molecule has 1 aromatic heterocycles. The minimum absolute atomic E-state index is 0.0691. The number of halogens is 1. The number of nitrogens with one attached hydrogen (secondary N) is 1. The highest BCUT2D eigenvalue weighted by atomic mass is 79.9. The molecule has 1 amide bonds. The maximum atomic E-state index is 11.7. The summed E-state index contributed by atoms with van der Waals surface area (Å²) in [5, 5.41) is 3.90. The Morgan fingerprint density at radius 1 is 1.26 bits per heavy atom. The fourth-order valence-corrected chi connectivity index (χ4v) is 3.09. The summed E-state index contributed by atoms with van der Waals surface area (Å²) in [5.41, 5.74) is 3.76. The van der Waals surface area contributed by atoms with Crippen molar-refractivity contribution in [1.82, 2.24) is 5.43 Å². The van der Waals surface area contributed by atoms with Gasteiger partial charge in [0.05, 0.1) is 10.0 Å². The summed E-state index contributed by atoms with van der Waals surface area (Å²) in [7, 11) is 0. The van der Waals surface area contributed by atoms with Crippen LogP contribution in [0.15, 0.2) is 45.3 Å². The van der Waals surface area contributed by atoms with Gasteiger partial charge in [0.15, 0.2) is 6.61 Å². The van der Waals surface area contributed by atoms with Gasteiger partial charge in [0.25, 0.3) is 5.91 Å². The fraction of sp³-hybridized carbons (Fsp3) is 0.294. The summed E-state index contributed by atoms with van der Waals surface area (Å²) in [6.07, 6.45) is 1.60. The largest absolute Gasteiger partial charge is 0.484 e. The molecule has 1 N–H and O–H groups in total. The van der Waals surface area contributed by atoms with Crippen molar-refractivity contribution in [2.45, 2.75) is 26.2 Å². The van der Waals surface area contributed by atoms with Crippen molar-refractivity contribution in [3.8, 4) is 5.75 Å². The monoisotopic (exact) mass is 394 g/mol. The number of amides is 1. The zero-order chi connectivity index (χ0) is 16.9. The molecule has 0 radical (unpaired) electrons. The molecular weight excluding hydrogens is 376 g/mol. The van der Waals surface area contributed by atoms with Crippen LogP contribution in [0.1, 0.15) is 31.2 Å². The highest BCUT2D eigenvalue weighted by Gasteiger charge is 2.13. The number of benzene rings is 1. The van der Waals surface area contributed by atoms with Crippen molar-refractivity contribution in [2.75, 3.05) is 6.61 Å². The molecular formula is C17H19BrN2O2S. The van der Waals surface area contributed by atoms with Gasteiger partial charge >= 0.3 is 0 Å². The Kier molecular flexibility index (Phi) is 5.96. The van der Waals surface area contributed by atoms with Gasteiger partial charge in [0.1, 0.15) is 5.75 Å². The molecule has 0 saturated heterocycles. The van der Waals surface area contributed by atoms with E-state index in [4.69, 9.17) is 4.74 Å². The zero-order valence-electron chi connectivity index (χ0n) is 13.3. The maximum Gasteiger partial charge on any atom is 0.277 e. The first-order valence-electron chi connectivity index (χ1n) is 7.15. The van der Waals surface area contributed by atoms with Crippen LogP contribution in [0.3, 0.4) is 0 Å². The van der Waals surface area contributed by atoms with E-state index in [0.717, 1.165) is 8.66 Å².